The van der Waals surface area contributed by atoms with Crippen molar-refractivity contribution < 1.29 is 29.7 Å². The van der Waals surface area contributed by atoms with Gasteiger partial charge in [0.05, 0.1) is 11.6 Å². The number of allylic oxidation sites excluding steroid dienone is 1. The SMILES string of the molecule is CN(C)c1cc(-c2cccc(N)c2)c(O)c2c1C[C@H]1C[C@H]3[C@H](N(C)C)C(O)=C(C(N)=O)C(=O)[C@@]3(O)C(N=O)=C1C2=O. The van der Waals surface area contributed by atoms with Crippen molar-refractivity contribution in [2.75, 3.05) is 38.8 Å². The van der Waals surface area contributed by atoms with Crippen LogP contribution in [0.2, 0.25) is 0 Å². The number of anilines is 2. The second-order valence-electron chi connectivity index (χ2n) is 11.2. The first-order valence-electron chi connectivity index (χ1n) is 13.0. The highest BCUT2D eigenvalue weighted by atomic mass is 16.3. The number of nitrogen functional groups attached to an aromatic ring is 1. The summed E-state index contributed by atoms with van der Waals surface area (Å²) in [5.74, 6) is -6.13. The maximum atomic E-state index is 14.2. The van der Waals surface area contributed by atoms with Crippen molar-refractivity contribution in [3.8, 4) is 16.9 Å². The maximum Gasteiger partial charge on any atom is 0.255 e. The van der Waals surface area contributed by atoms with E-state index in [1.165, 1.54) is 4.90 Å². The molecule has 0 aromatic heterocycles. The van der Waals surface area contributed by atoms with Gasteiger partial charge >= 0.3 is 0 Å². The van der Waals surface area contributed by atoms with Crippen LogP contribution in [0.25, 0.3) is 11.1 Å². The van der Waals surface area contributed by atoms with Gasteiger partial charge in [0, 0.05) is 42.5 Å². The lowest BCUT2D eigenvalue weighted by Gasteiger charge is -2.50. The first kappa shape index (κ1) is 28.0. The van der Waals surface area contributed by atoms with Gasteiger partial charge < -0.3 is 31.7 Å². The standard InChI is InChI=1S/C29H31N5O7/c1-33(2)18-11-15(12-6-5-7-14(30)8-12)23(35)20-16(18)9-13-10-17-22(34(3)4)25(37)21(28(31)39)27(38)29(17,40)26(32-41)19(13)24(20)36/h5-8,11,13,17,22,35,37,40H,9-10,30H2,1-4H3,(H2,31,39)/t13-,17-,22-,29-/m0/s1. The molecule has 12 nitrogen and oxygen atoms in total. The molecular formula is C29H31N5O7. The number of hydrogen-bond acceptors (Lipinski definition) is 11. The van der Waals surface area contributed by atoms with E-state index < -0.39 is 58.0 Å². The topological polar surface area (TPSA) is 200 Å². The Morgan fingerprint density at radius 3 is 2.37 bits per heavy atom. The van der Waals surface area contributed by atoms with Gasteiger partial charge in [-0.25, -0.2) is 0 Å². The van der Waals surface area contributed by atoms with Crippen LogP contribution in [-0.4, -0.2) is 77.5 Å². The van der Waals surface area contributed by atoms with Crippen LogP contribution < -0.4 is 16.4 Å². The smallest absolute Gasteiger partial charge is 0.255 e. The number of nitrogens with zero attached hydrogens (tertiary/aromatic N) is 3. The Morgan fingerprint density at radius 1 is 1.12 bits per heavy atom. The molecule has 5 rings (SSSR count). The third-order valence-electron chi connectivity index (χ3n) is 8.47. The van der Waals surface area contributed by atoms with Crippen LogP contribution in [0.4, 0.5) is 11.4 Å². The fourth-order valence-corrected chi connectivity index (χ4v) is 6.74. The molecule has 2 aromatic carbocycles. The Bertz CT molecular complexity index is 1610. The number of benzene rings is 2. The van der Waals surface area contributed by atoms with E-state index in [4.69, 9.17) is 11.5 Å². The number of rotatable bonds is 5. The fourth-order valence-electron chi connectivity index (χ4n) is 6.74. The summed E-state index contributed by atoms with van der Waals surface area (Å²) in [7, 11) is 6.73. The van der Waals surface area contributed by atoms with Gasteiger partial charge in [-0.05, 0) is 67.4 Å². The number of hydrogen-bond donors (Lipinski definition) is 5. The van der Waals surface area contributed by atoms with Crippen molar-refractivity contribution in [1.29, 1.82) is 0 Å². The van der Waals surface area contributed by atoms with Crippen LogP contribution in [0.1, 0.15) is 22.3 Å². The van der Waals surface area contributed by atoms with Crippen molar-refractivity contribution in [3.63, 3.8) is 0 Å². The van der Waals surface area contributed by atoms with Crippen LogP contribution in [0.15, 0.2) is 58.1 Å². The van der Waals surface area contributed by atoms with Crippen molar-refractivity contribution in [2.24, 2.45) is 22.7 Å². The number of aliphatic hydroxyl groups is 2. The number of likely N-dealkylation sites (N-methyl/N-ethyl adjacent to an activating group) is 1. The second-order valence-corrected chi connectivity index (χ2v) is 11.2. The molecule has 7 N–H and O–H groups in total. The predicted octanol–water partition coefficient (Wildman–Crippen LogP) is 1.64. The lowest BCUT2D eigenvalue weighted by Crippen LogP contribution is -2.63. The Kier molecular flexibility index (Phi) is 6.51. The summed E-state index contributed by atoms with van der Waals surface area (Å²) in [6.07, 6.45) is 0.160. The van der Waals surface area contributed by atoms with Crippen molar-refractivity contribution in [2.45, 2.75) is 24.5 Å². The number of aliphatic hydroxyl groups excluding tert-OH is 1. The summed E-state index contributed by atoms with van der Waals surface area (Å²) in [5, 5.41) is 37.3. The average Bonchev–Trinajstić information content (AvgIpc) is 2.88. The first-order chi connectivity index (χ1) is 19.2. The second kappa shape index (κ2) is 9.53. The number of amides is 1. The number of phenolic OH excluding ortho intramolecular Hbond substituents is 1. The number of carbonyl (C=O) groups excluding carboxylic acids is 3. The molecule has 0 bridgehead atoms. The van der Waals surface area contributed by atoms with E-state index in [0.29, 0.717) is 28.1 Å². The van der Waals surface area contributed by atoms with Gasteiger partial charge in [-0.3, -0.25) is 19.3 Å². The number of Topliss-reactive ketones (excluding diaryl/α,β-unsaturated/α-hetero) is 2. The normalized spacial score (nSPS) is 25.6. The van der Waals surface area contributed by atoms with Gasteiger partial charge in [0.2, 0.25) is 5.78 Å². The molecule has 3 aliphatic rings. The molecule has 0 heterocycles. The molecule has 214 valence electrons. The number of primary amides is 1. The molecule has 0 radical (unpaired) electrons. The zero-order valence-electron chi connectivity index (χ0n) is 23.0. The molecule has 3 aliphatic carbocycles. The molecular weight excluding hydrogens is 530 g/mol. The van der Waals surface area contributed by atoms with Crippen LogP contribution in [0, 0.1) is 16.7 Å². The van der Waals surface area contributed by atoms with Crippen LogP contribution in [0.5, 0.6) is 5.75 Å². The van der Waals surface area contributed by atoms with Crippen LogP contribution in [0.3, 0.4) is 0 Å². The molecule has 0 spiro atoms. The zero-order valence-corrected chi connectivity index (χ0v) is 23.0. The summed E-state index contributed by atoms with van der Waals surface area (Å²) >= 11 is 0. The molecule has 0 fully saturated rings. The monoisotopic (exact) mass is 561 g/mol. The van der Waals surface area contributed by atoms with Gasteiger partial charge in [-0.2, -0.15) is 0 Å². The number of carbonyl (C=O) groups is 3. The van der Waals surface area contributed by atoms with Crippen molar-refractivity contribution in [3.05, 3.63) is 69.0 Å². The number of aromatic hydroxyl groups is 1. The van der Waals surface area contributed by atoms with Gasteiger partial charge in [-0.1, -0.05) is 12.1 Å². The van der Waals surface area contributed by atoms with E-state index >= 15 is 0 Å². The number of fused-ring (bicyclic) bond motifs is 3. The van der Waals surface area contributed by atoms with Crippen molar-refractivity contribution in [1.82, 2.24) is 4.90 Å². The van der Waals surface area contributed by atoms with E-state index in [1.54, 1.807) is 63.4 Å². The van der Waals surface area contributed by atoms with E-state index in [9.17, 15) is 34.6 Å². The Labute approximate surface area is 235 Å². The largest absolute Gasteiger partial charge is 0.510 e. The van der Waals surface area contributed by atoms with E-state index in [-0.39, 0.29) is 29.7 Å². The Balaban J connectivity index is 1.80. The lowest BCUT2D eigenvalue weighted by atomic mass is 9.58. The molecule has 2 aromatic rings. The molecule has 1 amide bonds. The minimum atomic E-state index is -2.71. The van der Waals surface area contributed by atoms with Gasteiger partial charge in [0.1, 0.15) is 22.8 Å². The number of nitrogens with two attached hydrogens (primary N) is 2. The Hall–Kier alpha value is -4.55. The average molecular weight is 562 g/mol. The maximum absolute atomic E-state index is 14.2. The summed E-state index contributed by atoms with van der Waals surface area (Å²) in [4.78, 5) is 55.8. The van der Waals surface area contributed by atoms with Crippen LogP contribution >= 0.6 is 0 Å². The van der Waals surface area contributed by atoms with Gasteiger partial charge in [0.15, 0.2) is 11.4 Å². The minimum absolute atomic E-state index is 0.00861. The van der Waals surface area contributed by atoms with Crippen LogP contribution in [-0.2, 0) is 16.0 Å². The number of nitroso groups, excluding NO2 is 1. The quantitative estimate of drug-likeness (QED) is 0.203. The highest BCUT2D eigenvalue weighted by molar-refractivity contribution is 6.25. The Morgan fingerprint density at radius 2 is 1.80 bits per heavy atom. The highest BCUT2D eigenvalue weighted by Crippen LogP contribution is 2.55. The van der Waals surface area contributed by atoms with E-state index in [0.717, 1.165) is 0 Å². The molecule has 0 saturated heterocycles. The fraction of sp³-hybridized carbons (Fsp3) is 0.345. The van der Waals surface area contributed by atoms with E-state index in [2.05, 4.69) is 5.18 Å². The lowest BCUT2D eigenvalue weighted by molar-refractivity contribution is -0.144. The third kappa shape index (κ3) is 3.85. The summed E-state index contributed by atoms with van der Waals surface area (Å²) in [5.41, 5.74) is 9.26. The first-order valence-corrected chi connectivity index (χ1v) is 13.0. The summed E-state index contributed by atoms with van der Waals surface area (Å²) in [6, 6.07) is 7.44. The van der Waals surface area contributed by atoms with E-state index in [1.807, 2.05) is 0 Å². The summed E-state index contributed by atoms with van der Waals surface area (Å²) in [6.45, 7) is 0. The third-order valence-corrected chi connectivity index (χ3v) is 8.47. The highest BCUT2D eigenvalue weighted by Gasteiger charge is 2.63. The molecule has 0 aliphatic heterocycles. The minimum Gasteiger partial charge on any atom is -0.510 e. The van der Waals surface area contributed by atoms with Gasteiger partial charge in [0.25, 0.3) is 5.91 Å². The summed E-state index contributed by atoms with van der Waals surface area (Å²) < 4.78 is 0. The van der Waals surface area contributed by atoms with Crippen molar-refractivity contribution >= 4 is 28.8 Å². The molecule has 12 heteroatoms. The zero-order chi connectivity index (χ0) is 30.1. The molecule has 41 heavy (non-hydrogen) atoms. The molecule has 0 unspecified atom stereocenters. The molecule has 4 atom stereocenters. The molecule has 0 saturated carbocycles. The predicted molar refractivity (Wildman–Crippen MR) is 151 cm³/mol. The number of ketones is 2. The number of phenols is 1. The van der Waals surface area contributed by atoms with Gasteiger partial charge in [-0.15, -0.1) is 4.91 Å².